The molecule has 4 rings (SSSR count). The van der Waals surface area contributed by atoms with Crippen molar-refractivity contribution in [3.05, 3.63) is 72.2 Å². The minimum absolute atomic E-state index is 0.615. The Kier molecular flexibility index (Phi) is 4.08. The van der Waals surface area contributed by atoms with Crippen LogP contribution in [0, 0.1) is 6.92 Å². The van der Waals surface area contributed by atoms with Gasteiger partial charge in [-0.3, -0.25) is 0 Å². The maximum absolute atomic E-state index is 5.57. The van der Waals surface area contributed by atoms with Gasteiger partial charge in [-0.15, -0.1) is 0 Å². The van der Waals surface area contributed by atoms with Crippen LogP contribution in [0.2, 0.25) is 0 Å². The lowest BCUT2D eigenvalue weighted by molar-refractivity contribution is 0.490. The summed E-state index contributed by atoms with van der Waals surface area (Å²) in [5.74, 6) is 2.64. The molecule has 0 aliphatic heterocycles. The second-order valence-electron chi connectivity index (χ2n) is 5.87. The van der Waals surface area contributed by atoms with Crippen molar-refractivity contribution in [1.29, 1.82) is 0 Å². The molecule has 0 spiro atoms. The first-order valence-electron chi connectivity index (χ1n) is 8.18. The molecule has 0 bridgehead atoms. The zero-order chi connectivity index (χ0) is 17.1. The van der Waals surface area contributed by atoms with Gasteiger partial charge in [0.05, 0.1) is 30.6 Å². The Bertz CT molecular complexity index is 975. The van der Waals surface area contributed by atoms with E-state index in [4.69, 9.17) is 4.42 Å². The molecule has 4 aromatic rings. The highest BCUT2D eigenvalue weighted by Gasteiger charge is 2.05. The van der Waals surface area contributed by atoms with Crippen molar-refractivity contribution in [3.8, 4) is 0 Å². The largest absolute Gasteiger partial charge is 0.465 e. The van der Waals surface area contributed by atoms with Gasteiger partial charge in [0, 0.05) is 17.3 Å². The third-order valence-electron chi connectivity index (χ3n) is 4.00. The molecule has 6 nitrogen and oxygen atoms in total. The van der Waals surface area contributed by atoms with Crippen molar-refractivity contribution >= 4 is 22.4 Å². The van der Waals surface area contributed by atoms with E-state index in [2.05, 4.69) is 37.7 Å². The van der Waals surface area contributed by atoms with E-state index in [1.165, 1.54) is 0 Å². The molecule has 3 aromatic heterocycles. The third kappa shape index (κ3) is 3.47. The number of hydrogen-bond donors (Lipinski definition) is 3. The van der Waals surface area contributed by atoms with Crippen LogP contribution in [0.4, 0.5) is 11.5 Å². The number of fused-ring (bicyclic) bond motifs is 1. The van der Waals surface area contributed by atoms with Crippen molar-refractivity contribution in [1.82, 2.24) is 15.0 Å². The number of H-pyrrole nitrogens is 1. The smallest absolute Gasteiger partial charge is 0.127 e. The molecular formula is C19H19N5O. The predicted molar refractivity (Wildman–Crippen MR) is 98.4 cm³/mol. The molecule has 3 heterocycles. The van der Waals surface area contributed by atoms with Gasteiger partial charge in [-0.25, -0.2) is 9.97 Å². The average molecular weight is 333 g/mol. The van der Waals surface area contributed by atoms with Gasteiger partial charge in [0.1, 0.15) is 17.3 Å². The molecule has 0 aliphatic rings. The molecule has 0 fully saturated rings. The Hall–Kier alpha value is -3.28. The van der Waals surface area contributed by atoms with Crippen LogP contribution in [0.5, 0.6) is 0 Å². The van der Waals surface area contributed by atoms with Crippen LogP contribution in [0.25, 0.3) is 10.9 Å². The SMILES string of the molecule is Cc1ccc(CNc2ccc3c(NCc4cnc[nH]4)cccc3n2)o1. The highest BCUT2D eigenvalue weighted by molar-refractivity contribution is 5.92. The monoisotopic (exact) mass is 333 g/mol. The highest BCUT2D eigenvalue weighted by atomic mass is 16.3. The summed E-state index contributed by atoms with van der Waals surface area (Å²) < 4.78 is 5.57. The number of rotatable bonds is 6. The van der Waals surface area contributed by atoms with E-state index in [1.807, 2.05) is 43.5 Å². The van der Waals surface area contributed by atoms with E-state index in [9.17, 15) is 0 Å². The topological polar surface area (TPSA) is 78.8 Å². The number of pyridine rings is 1. The highest BCUT2D eigenvalue weighted by Crippen LogP contribution is 2.24. The normalized spacial score (nSPS) is 10.9. The summed E-state index contributed by atoms with van der Waals surface area (Å²) in [5.41, 5.74) is 3.03. The minimum Gasteiger partial charge on any atom is -0.465 e. The van der Waals surface area contributed by atoms with E-state index in [0.717, 1.165) is 39.6 Å². The van der Waals surface area contributed by atoms with Crippen molar-refractivity contribution in [2.45, 2.75) is 20.0 Å². The number of anilines is 2. The molecule has 0 atom stereocenters. The van der Waals surface area contributed by atoms with Crippen LogP contribution in [-0.2, 0) is 13.1 Å². The van der Waals surface area contributed by atoms with Crippen molar-refractivity contribution in [2.75, 3.05) is 10.6 Å². The molecule has 0 aliphatic carbocycles. The second-order valence-corrected chi connectivity index (χ2v) is 5.87. The Morgan fingerprint density at radius 3 is 2.80 bits per heavy atom. The number of hydrogen-bond acceptors (Lipinski definition) is 5. The average Bonchev–Trinajstić information content (AvgIpc) is 3.29. The van der Waals surface area contributed by atoms with E-state index < -0.39 is 0 Å². The van der Waals surface area contributed by atoms with Gasteiger partial charge in [-0.05, 0) is 43.3 Å². The maximum Gasteiger partial charge on any atom is 0.127 e. The summed E-state index contributed by atoms with van der Waals surface area (Å²) in [6.07, 6.45) is 3.49. The number of aryl methyl sites for hydroxylation is 1. The molecule has 126 valence electrons. The molecule has 0 unspecified atom stereocenters. The Balaban J connectivity index is 1.50. The lowest BCUT2D eigenvalue weighted by Gasteiger charge is -2.10. The van der Waals surface area contributed by atoms with E-state index >= 15 is 0 Å². The van der Waals surface area contributed by atoms with Gasteiger partial charge in [0.25, 0.3) is 0 Å². The maximum atomic E-state index is 5.57. The predicted octanol–water partition coefficient (Wildman–Crippen LogP) is 4.08. The Labute approximate surface area is 145 Å². The summed E-state index contributed by atoms with van der Waals surface area (Å²) in [5, 5.41) is 7.81. The van der Waals surface area contributed by atoms with Crippen molar-refractivity contribution < 1.29 is 4.42 Å². The zero-order valence-corrected chi connectivity index (χ0v) is 13.9. The number of nitrogens with zero attached hydrogens (tertiary/aromatic N) is 2. The first-order valence-corrected chi connectivity index (χ1v) is 8.18. The summed E-state index contributed by atoms with van der Waals surface area (Å²) in [4.78, 5) is 11.8. The number of benzene rings is 1. The molecule has 3 N–H and O–H groups in total. The van der Waals surface area contributed by atoms with Crippen LogP contribution >= 0.6 is 0 Å². The van der Waals surface area contributed by atoms with Gasteiger partial charge < -0.3 is 20.0 Å². The molecule has 1 aromatic carbocycles. The molecule has 0 radical (unpaired) electrons. The van der Waals surface area contributed by atoms with E-state index in [0.29, 0.717) is 13.1 Å². The second kappa shape index (κ2) is 6.68. The van der Waals surface area contributed by atoms with Gasteiger partial charge in [0.15, 0.2) is 0 Å². The zero-order valence-electron chi connectivity index (χ0n) is 13.9. The Morgan fingerprint density at radius 2 is 2.00 bits per heavy atom. The lowest BCUT2D eigenvalue weighted by atomic mass is 10.1. The standard InChI is InChI=1S/C19H19N5O/c1-13-5-6-15(25-13)11-22-19-8-7-16-17(3-2-4-18(16)24-19)21-10-14-9-20-12-23-14/h2-9,12,21H,10-11H2,1H3,(H,20,23)(H,22,24). The summed E-state index contributed by atoms with van der Waals surface area (Å²) >= 11 is 0. The number of nitrogens with one attached hydrogen (secondary N) is 3. The van der Waals surface area contributed by atoms with Crippen molar-refractivity contribution in [3.63, 3.8) is 0 Å². The Morgan fingerprint density at radius 1 is 1.04 bits per heavy atom. The minimum atomic E-state index is 0.615. The summed E-state index contributed by atoms with van der Waals surface area (Å²) in [6.45, 7) is 3.25. The van der Waals surface area contributed by atoms with Crippen LogP contribution in [-0.4, -0.2) is 15.0 Å². The fraction of sp³-hybridized carbons (Fsp3) is 0.158. The molecule has 6 heteroatoms. The molecular weight excluding hydrogens is 314 g/mol. The third-order valence-corrected chi connectivity index (χ3v) is 4.00. The van der Waals surface area contributed by atoms with Crippen LogP contribution in [0.15, 0.2) is 59.4 Å². The van der Waals surface area contributed by atoms with Gasteiger partial charge >= 0.3 is 0 Å². The van der Waals surface area contributed by atoms with Crippen LogP contribution in [0.3, 0.4) is 0 Å². The van der Waals surface area contributed by atoms with E-state index in [-0.39, 0.29) is 0 Å². The molecule has 0 amide bonds. The van der Waals surface area contributed by atoms with E-state index in [1.54, 1.807) is 6.33 Å². The fourth-order valence-corrected chi connectivity index (χ4v) is 2.74. The number of imidazole rings is 1. The molecule has 0 saturated carbocycles. The molecule has 0 saturated heterocycles. The van der Waals surface area contributed by atoms with Gasteiger partial charge in [-0.1, -0.05) is 6.07 Å². The number of furan rings is 1. The van der Waals surface area contributed by atoms with Crippen LogP contribution in [0.1, 0.15) is 17.2 Å². The van der Waals surface area contributed by atoms with Crippen molar-refractivity contribution in [2.24, 2.45) is 0 Å². The van der Waals surface area contributed by atoms with Gasteiger partial charge in [-0.2, -0.15) is 0 Å². The first-order chi connectivity index (χ1) is 12.3. The first kappa shape index (κ1) is 15.3. The summed E-state index contributed by atoms with van der Waals surface area (Å²) in [6, 6.07) is 14.1. The van der Waals surface area contributed by atoms with Crippen LogP contribution < -0.4 is 10.6 Å². The quantitative estimate of drug-likeness (QED) is 0.495. The number of aromatic amines is 1. The molecule has 25 heavy (non-hydrogen) atoms. The lowest BCUT2D eigenvalue weighted by Crippen LogP contribution is -2.02. The number of aromatic nitrogens is 3. The fourth-order valence-electron chi connectivity index (χ4n) is 2.74. The summed E-state index contributed by atoms with van der Waals surface area (Å²) in [7, 11) is 0. The van der Waals surface area contributed by atoms with Gasteiger partial charge in [0.2, 0.25) is 0 Å².